The third-order valence-electron chi connectivity index (χ3n) is 1.65. The molecule has 0 aliphatic heterocycles. The van der Waals surface area contributed by atoms with E-state index in [1.54, 1.807) is 0 Å². The van der Waals surface area contributed by atoms with Crippen LogP contribution in [0.25, 0.3) is 0 Å². The zero-order chi connectivity index (χ0) is 11.4. The van der Waals surface area contributed by atoms with Crippen LogP contribution in [-0.4, -0.2) is 51.3 Å². The Hall–Kier alpha value is -1.25. The fourth-order valence-electron chi connectivity index (χ4n) is 0.679. The van der Waals surface area contributed by atoms with Crippen molar-refractivity contribution in [3.05, 3.63) is 10.1 Å². The Labute approximate surface area is 78.9 Å². The summed E-state index contributed by atoms with van der Waals surface area (Å²) in [4.78, 5) is 19.7. The Kier molecular flexibility index (Phi) is 4.41. The molecule has 82 valence electrons. The number of esters is 1. The highest BCUT2D eigenvalue weighted by molar-refractivity contribution is 5.66. The molecule has 0 aromatic heterocycles. The lowest BCUT2D eigenvalue weighted by Crippen LogP contribution is -2.56. The van der Waals surface area contributed by atoms with Gasteiger partial charge in [-0.3, -0.25) is 14.9 Å². The summed E-state index contributed by atoms with van der Waals surface area (Å²) in [7, 11) is 0. The molecule has 8 heteroatoms. The maximum atomic E-state index is 10.4. The van der Waals surface area contributed by atoms with Gasteiger partial charge in [0.15, 0.2) is 0 Å². The van der Waals surface area contributed by atoms with Crippen molar-refractivity contribution in [3.8, 4) is 0 Å². The first-order valence-corrected chi connectivity index (χ1v) is 3.62. The van der Waals surface area contributed by atoms with Crippen LogP contribution in [0.1, 0.15) is 6.92 Å². The summed E-state index contributed by atoms with van der Waals surface area (Å²) < 4.78 is 4.11. The first kappa shape index (κ1) is 12.8. The van der Waals surface area contributed by atoms with E-state index in [1.165, 1.54) is 0 Å². The molecule has 8 nitrogen and oxygen atoms in total. The van der Waals surface area contributed by atoms with E-state index in [-0.39, 0.29) is 0 Å². The van der Waals surface area contributed by atoms with Gasteiger partial charge in [0, 0.05) is 11.8 Å². The van der Waals surface area contributed by atoms with Crippen LogP contribution in [0.15, 0.2) is 0 Å². The summed E-state index contributed by atoms with van der Waals surface area (Å²) in [5, 5.41) is 36.9. The van der Waals surface area contributed by atoms with Crippen LogP contribution in [0.3, 0.4) is 0 Å². The van der Waals surface area contributed by atoms with Gasteiger partial charge >= 0.3 is 11.5 Å². The molecular weight excluding hydrogens is 198 g/mol. The highest BCUT2D eigenvalue weighted by Gasteiger charge is 2.52. The zero-order valence-electron chi connectivity index (χ0n) is 7.41. The van der Waals surface area contributed by atoms with E-state index in [9.17, 15) is 14.9 Å². The van der Waals surface area contributed by atoms with Crippen molar-refractivity contribution in [2.45, 2.75) is 18.8 Å². The van der Waals surface area contributed by atoms with Crippen LogP contribution in [-0.2, 0) is 9.53 Å². The van der Waals surface area contributed by atoms with Gasteiger partial charge in [-0.25, -0.2) is 0 Å². The van der Waals surface area contributed by atoms with Crippen LogP contribution >= 0.6 is 0 Å². The molecule has 0 aliphatic carbocycles. The van der Waals surface area contributed by atoms with Gasteiger partial charge in [-0.15, -0.1) is 0 Å². The van der Waals surface area contributed by atoms with Crippen molar-refractivity contribution in [2.75, 3.05) is 13.2 Å². The highest BCUT2D eigenvalue weighted by Crippen LogP contribution is 2.15. The topological polar surface area (TPSA) is 130 Å². The maximum Gasteiger partial charge on any atom is 0.327 e. The van der Waals surface area contributed by atoms with Crippen LogP contribution in [0, 0.1) is 10.1 Å². The van der Waals surface area contributed by atoms with Gasteiger partial charge < -0.3 is 20.1 Å². The molecule has 0 spiro atoms. The number of nitrogens with zero attached hydrogens (tertiary/aromatic N) is 1. The number of ether oxygens (including phenoxy) is 1. The van der Waals surface area contributed by atoms with Crippen LogP contribution in [0.5, 0.6) is 0 Å². The SMILES string of the molecule is CC(=O)OC(O)C(CO)(CO)[N+](=O)[O-]. The summed E-state index contributed by atoms with van der Waals surface area (Å²) in [6, 6.07) is 0. The molecule has 0 fully saturated rings. The fourth-order valence-corrected chi connectivity index (χ4v) is 0.679. The monoisotopic (exact) mass is 209 g/mol. The van der Waals surface area contributed by atoms with E-state index in [0.717, 1.165) is 6.92 Å². The van der Waals surface area contributed by atoms with Crippen LogP contribution < -0.4 is 0 Å². The highest BCUT2D eigenvalue weighted by atomic mass is 16.7. The van der Waals surface area contributed by atoms with E-state index in [4.69, 9.17) is 15.3 Å². The Morgan fingerprint density at radius 2 is 2.00 bits per heavy atom. The van der Waals surface area contributed by atoms with E-state index in [1.807, 2.05) is 0 Å². The van der Waals surface area contributed by atoms with Gasteiger partial charge in [0.25, 0.3) is 6.29 Å². The molecule has 0 amide bonds. The van der Waals surface area contributed by atoms with Crippen LogP contribution in [0.2, 0.25) is 0 Å². The first-order chi connectivity index (χ1) is 6.40. The van der Waals surface area contributed by atoms with E-state index in [0.29, 0.717) is 0 Å². The van der Waals surface area contributed by atoms with Crippen molar-refractivity contribution in [2.24, 2.45) is 0 Å². The lowest BCUT2D eigenvalue weighted by Gasteiger charge is -2.24. The average molecular weight is 209 g/mol. The molecule has 0 saturated carbocycles. The Balaban J connectivity index is 4.79. The quantitative estimate of drug-likeness (QED) is 0.204. The second kappa shape index (κ2) is 4.84. The first-order valence-electron chi connectivity index (χ1n) is 3.62. The number of aliphatic hydroxyl groups is 3. The van der Waals surface area contributed by atoms with Gasteiger partial charge in [-0.1, -0.05) is 0 Å². The van der Waals surface area contributed by atoms with Crippen molar-refractivity contribution in [1.82, 2.24) is 0 Å². The largest absolute Gasteiger partial charge is 0.428 e. The molecule has 0 aliphatic rings. The summed E-state index contributed by atoms with van der Waals surface area (Å²) >= 11 is 0. The second-order valence-corrected chi connectivity index (χ2v) is 2.64. The number of rotatable bonds is 5. The molecule has 0 aromatic rings. The van der Waals surface area contributed by atoms with Gasteiger partial charge in [0.2, 0.25) is 0 Å². The minimum absolute atomic E-state index is 0.933. The van der Waals surface area contributed by atoms with Crippen molar-refractivity contribution in [1.29, 1.82) is 0 Å². The Morgan fingerprint density at radius 3 is 2.21 bits per heavy atom. The number of hydrogen-bond acceptors (Lipinski definition) is 7. The minimum atomic E-state index is -2.48. The number of hydrogen-bond donors (Lipinski definition) is 3. The van der Waals surface area contributed by atoms with Gasteiger partial charge in [-0.2, -0.15) is 0 Å². The molecule has 0 rings (SSSR count). The number of nitro groups is 1. The number of aliphatic hydroxyl groups excluding tert-OH is 3. The van der Waals surface area contributed by atoms with Gasteiger partial charge in [0.1, 0.15) is 13.2 Å². The lowest BCUT2D eigenvalue weighted by molar-refractivity contribution is -0.601. The standard InChI is InChI=1S/C6H11NO7/c1-4(10)14-5(11)6(2-8,3-9)7(12)13/h5,8-9,11H,2-3H2,1H3. The molecule has 1 atom stereocenters. The average Bonchev–Trinajstić information content (AvgIpc) is 2.05. The van der Waals surface area contributed by atoms with Crippen LogP contribution in [0.4, 0.5) is 0 Å². The van der Waals surface area contributed by atoms with Crippen molar-refractivity contribution < 1.29 is 29.8 Å². The maximum absolute atomic E-state index is 10.4. The Morgan fingerprint density at radius 1 is 1.57 bits per heavy atom. The van der Waals surface area contributed by atoms with Crippen molar-refractivity contribution in [3.63, 3.8) is 0 Å². The Bertz CT molecular complexity index is 224. The molecule has 14 heavy (non-hydrogen) atoms. The summed E-state index contributed by atoms with van der Waals surface area (Å²) in [5.74, 6) is -0.953. The minimum Gasteiger partial charge on any atom is -0.428 e. The molecule has 0 saturated heterocycles. The summed E-state index contributed by atoms with van der Waals surface area (Å²) in [5.41, 5.74) is -2.48. The summed E-state index contributed by atoms with van der Waals surface area (Å²) in [6.07, 6.45) is -2.19. The summed E-state index contributed by atoms with van der Waals surface area (Å²) in [6.45, 7) is -1.36. The molecule has 3 N–H and O–H groups in total. The number of carbonyl (C=O) groups is 1. The van der Waals surface area contributed by atoms with E-state index in [2.05, 4.69) is 4.74 Å². The molecular formula is C6H11NO7. The lowest BCUT2D eigenvalue weighted by atomic mass is 10.0. The van der Waals surface area contributed by atoms with Crippen molar-refractivity contribution >= 4 is 5.97 Å². The molecule has 0 aromatic carbocycles. The van der Waals surface area contributed by atoms with Gasteiger partial charge in [-0.05, 0) is 0 Å². The molecule has 0 radical (unpaired) electrons. The smallest absolute Gasteiger partial charge is 0.327 e. The fraction of sp³-hybridized carbons (Fsp3) is 0.833. The predicted molar refractivity (Wildman–Crippen MR) is 41.7 cm³/mol. The molecule has 0 bridgehead atoms. The molecule has 0 heterocycles. The molecule has 1 unspecified atom stereocenters. The zero-order valence-corrected chi connectivity index (χ0v) is 7.41. The van der Waals surface area contributed by atoms with E-state index >= 15 is 0 Å². The third kappa shape index (κ3) is 2.37. The number of carbonyl (C=O) groups excluding carboxylic acids is 1. The normalized spacial score (nSPS) is 13.4. The second-order valence-electron chi connectivity index (χ2n) is 2.64. The van der Waals surface area contributed by atoms with Gasteiger partial charge in [0.05, 0.1) is 0 Å². The third-order valence-corrected chi connectivity index (χ3v) is 1.65. The predicted octanol–water partition coefficient (Wildman–Crippen LogP) is -2.13. The van der Waals surface area contributed by atoms with E-state index < -0.39 is 35.9 Å².